The second-order valence-electron chi connectivity index (χ2n) is 6.86. The minimum absolute atomic E-state index is 0.234. The number of hydrogen-bond acceptors (Lipinski definition) is 3. The van der Waals surface area contributed by atoms with Gasteiger partial charge in [0.2, 0.25) is 0 Å². The monoisotopic (exact) mass is 359 g/mol. The van der Waals surface area contributed by atoms with Gasteiger partial charge in [0.05, 0.1) is 12.5 Å². The van der Waals surface area contributed by atoms with Crippen LogP contribution in [0.15, 0.2) is 36.8 Å². The largest absolute Gasteiger partial charge is 0.336 e. The third-order valence-corrected chi connectivity index (χ3v) is 4.41. The van der Waals surface area contributed by atoms with Gasteiger partial charge in [0, 0.05) is 18.8 Å². The van der Waals surface area contributed by atoms with Crippen LogP contribution in [0.1, 0.15) is 30.8 Å². The van der Waals surface area contributed by atoms with Gasteiger partial charge in [-0.05, 0) is 42.5 Å². The fourth-order valence-electron chi connectivity index (χ4n) is 3.35. The lowest BCUT2D eigenvalue weighted by atomic mass is 9.92. The normalized spacial score (nSPS) is 19.9. The first-order valence-electron chi connectivity index (χ1n) is 8.57. The molecule has 1 saturated heterocycles. The van der Waals surface area contributed by atoms with Crippen molar-refractivity contribution in [1.29, 1.82) is 0 Å². The maximum absolute atomic E-state index is 13.1. The van der Waals surface area contributed by atoms with Crippen LogP contribution in [0.3, 0.4) is 0 Å². The van der Waals surface area contributed by atoms with Gasteiger partial charge in [0.15, 0.2) is 0 Å². The Morgan fingerprint density at radius 1 is 1.12 bits per heavy atom. The highest BCUT2D eigenvalue weighted by Gasteiger charge is 2.25. The zero-order chi connectivity index (χ0) is 18.7. The summed E-state index contributed by atoms with van der Waals surface area (Å²) in [5.74, 6) is -0.00406. The molecule has 0 unspecified atom stereocenters. The number of piperidine rings is 1. The molecule has 3 amide bonds. The molecule has 2 heterocycles. The number of imidazole rings is 1. The second-order valence-corrected chi connectivity index (χ2v) is 6.86. The van der Waals surface area contributed by atoms with Crippen LogP contribution in [0.4, 0.5) is 9.18 Å². The standard InChI is InChI=1S/C18H22FN5O2/c1-12-7-13(2)10-23(9-12)18(26)22-21-17(25)16-8-20-11-24(16)15-5-3-14(19)4-6-15/h3-6,8,11-13H,7,9-10H2,1-2H3,(H,21,25)(H,22,26)/t12-,13-/m0/s1. The van der Waals surface area contributed by atoms with E-state index >= 15 is 0 Å². The molecule has 2 atom stereocenters. The van der Waals surface area contributed by atoms with Crippen LogP contribution in [0, 0.1) is 17.7 Å². The lowest BCUT2D eigenvalue weighted by molar-refractivity contribution is 0.0914. The van der Waals surface area contributed by atoms with Crippen molar-refractivity contribution in [2.45, 2.75) is 20.3 Å². The fourth-order valence-corrected chi connectivity index (χ4v) is 3.35. The molecule has 1 aliphatic heterocycles. The van der Waals surface area contributed by atoms with Crippen molar-refractivity contribution in [1.82, 2.24) is 25.3 Å². The Morgan fingerprint density at radius 3 is 2.42 bits per heavy atom. The van der Waals surface area contributed by atoms with Crippen molar-refractivity contribution in [2.24, 2.45) is 11.8 Å². The van der Waals surface area contributed by atoms with E-state index in [1.54, 1.807) is 17.0 Å². The van der Waals surface area contributed by atoms with Gasteiger partial charge in [-0.15, -0.1) is 0 Å². The van der Waals surface area contributed by atoms with E-state index in [2.05, 4.69) is 29.7 Å². The zero-order valence-electron chi connectivity index (χ0n) is 14.8. The van der Waals surface area contributed by atoms with Crippen molar-refractivity contribution >= 4 is 11.9 Å². The predicted molar refractivity (Wildman–Crippen MR) is 94.0 cm³/mol. The molecule has 3 rings (SSSR count). The summed E-state index contributed by atoms with van der Waals surface area (Å²) in [5, 5.41) is 0. The van der Waals surface area contributed by atoms with Crippen LogP contribution >= 0.6 is 0 Å². The van der Waals surface area contributed by atoms with Gasteiger partial charge in [0.1, 0.15) is 11.5 Å². The van der Waals surface area contributed by atoms with Gasteiger partial charge < -0.3 is 4.90 Å². The van der Waals surface area contributed by atoms with Crippen molar-refractivity contribution in [3.63, 3.8) is 0 Å². The van der Waals surface area contributed by atoms with E-state index in [0.717, 1.165) is 6.42 Å². The molecule has 0 radical (unpaired) electrons. The lowest BCUT2D eigenvalue weighted by Gasteiger charge is -2.34. The fraction of sp³-hybridized carbons (Fsp3) is 0.389. The molecule has 7 nitrogen and oxygen atoms in total. The second kappa shape index (κ2) is 7.55. The lowest BCUT2D eigenvalue weighted by Crippen LogP contribution is -2.52. The average molecular weight is 359 g/mol. The van der Waals surface area contributed by atoms with E-state index in [0.29, 0.717) is 30.6 Å². The zero-order valence-corrected chi connectivity index (χ0v) is 14.8. The molecule has 0 spiro atoms. The highest BCUT2D eigenvalue weighted by Crippen LogP contribution is 2.20. The number of hydrazine groups is 1. The molecular formula is C18H22FN5O2. The number of amides is 3. The number of carbonyl (C=O) groups excluding carboxylic acids is 2. The highest BCUT2D eigenvalue weighted by atomic mass is 19.1. The maximum Gasteiger partial charge on any atom is 0.336 e. The van der Waals surface area contributed by atoms with Crippen LogP contribution in [-0.2, 0) is 0 Å². The Hall–Kier alpha value is -2.90. The number of nitrogens with one attached hydrogen (secondary N) is 2. The number of aromatic nitrogens is 2. The van der Waals surface area contributed by atoms with Crippen molar-refractivity contribution in [3.05, 3.63) is 48.3 Å². The van der Waals surface area contributed by atoms with Crippen LogP contribution in [0.25, 0.3) is 5.69 Å². The molecule has 0 aliphatic carbocycles. The summed E-state index contributed by atoms with van der Waals surface area (Å²) >= 11 is 0. The quantitative estimate of drug-likeness (QED) is 0.808. The number of benzene rings is 1. The SMILES string of the molecule is C[C@H]1C[C@H](C)CN(C(=O)NNC(=O)c2cncn2-c2ccc(F)cc2)C1. The van der Waals surface area contributed by atoms with E-state index in [1.165, 1.54) is 29.2 Å². The van der Waals surface area contributed by atoms with Crippen LogP contribution in [0.2, 0.25) is 0 Å². The smallest absolute Gasteiger partial charge is 0.323 e. The summed E-state index contributed by atoms with van der Waals surface area (Å²) in [6, 6.07) is 5.37. The summed E-state index contributed by atoms with van der Waals surface area (Å²) < 4.78 is 14.6. The number of hydrogen-bond donors (Lipinski definition) is 2. The number of carbonyl (C=O) groups is 2. The van der Waals surface area contributed by atoms with Crippen LogP contribution < -0.4 is 10.9 Å². The van der Waals surface area contributed by atoms with Crippen LogP contribution in [0.5, 0.6) is 0 Å². The third-order valence-electron chi connectivity index (χ3n) is 4.41. The Morgan fingerprint density at radius 2 is 1.77 bits per heavy atom. The summed E-state index contributed by atoms with van der Waals surface area (Å²) in [6.07, 6.45) is 3.93. The number of urea groups is 1. The summed E-state index contributed by atoms with van der Waals surface area (Å²) in [6.45, 7) is 5.55. The summed E-state index contributed by atoms with van der Waals surface area (Å²) in [7, 11) is 0. The van der Waals surface area contributed by atoms with Gasteiger partial charge in [-0.25, -0.2) is 19.6 Å². The molecule has 8 heteroatoms. The molecule has 2 aromatic rings. The van der Waals surface area contributed by atoms with E-state index in [-0.39, 0.29) is 17.5 Å². The van der Waals surface area contributed by atoms with E-state index in [9.17, 15) is 14.0 Å². The van der Waals surface area contributed by atoms with Crippen molar-refractivity contribution in [2.75, 3.05) is 13.1 Å². The average Bonchev–Trinajstić information content (AvgIpc) is 3.09. The molecule has 0 saturated carbocycles. The molecule has 26 heavy (non-hydrogen) atoms. The molecule has 1 fully saturated rings. The van der Waals surface area contributed by atoms with E-state index < -0.39 is 5.91 Å². The molecule has 2 N–H and O–H groups in total. The Bertz CT molecular complexity index is 779. The predicted octanol–water partition coefficient (Wildman–Crippen LogP) is 2.34. The Labute approximate surface area is 151 Å². The van der Waals surface area contributed by atoms with Crippen LogP contribution in [-0.4, -0.2) is 39.5 Å². The van der Waals surface area contributed by atoms with E-state index in [1.807, 2.05) is 0 Å². The highest BCUT2D eigenvalue weighted by molar-refractivity contribution is 5.94. The number of rotatable bonds is 2. The van der Waals surface area contributed by atoms with E-state index in [4.69, 9.17) is 0 Å². The van der Waals surface area contributed by atoms with Gasteiger partial charge >= 0.3 is 6.03 Å². The molecular weight excluding hydrogens is 337 g/mol. The van der Waals surface area contributed by atoms with Crippen molar-refractivity contribution < 1.29 is 14.0 Å². The summed E-state index contributed by atoms with van der Waals surface area (Å²) in [5.41, 5.74) is 5.70. The molecule has 138 valence electrons. The third kappa shape index (κ3) is 4.01. The van der Waals surface area contributed by atoms with Gasteiger partial charge in [0.25, 0.3) is 5.91 Å². The Balaban J connectivity index is 1.63. The number of likely N-dealkylation sites (tertiary alicyclic amines) is 1. The molecule has 1 aliphatic rings. The number of halogens is 1. The van der Waals surface area contributed by atoms with Gasteiger partial charge in [-0.1, -0.05) is 13.8 Å². The maximum atomic E-state index is 13.1. The minimum Gasteiger partial charge on any atom is -0.323 e. The Kier molecular flexibility index (Phi) is 5.20. The minimum atomic E-state index is -0.502. The van der Waals surface area contributed by atoms with Gasteiger partial charge in [-0.3, -0.25) is 14.8 Å². The van der Waals surface area contributed by atoms with Crippen molar-refractivity contribution in [3.8, 4) is 5.69 Å². The first kappa shape index (κ1) is 17.9. The van der Waals surface area contributed by atoms with Gasteiger partial charge in [-0.2, -0.15) is 0 Å². The first-order valence-corrected chi connectivity index (χ1v) is 8.57. The number of nitrogens with zero attached hydrogens (tertiary/aromatic N) is 3. The topological polar surface area (TPSA) is 79.3 Å². The molecule has 1 aromatic carbocycles. The summed E-state index contributed by atoms with van der Waals surface area (Å²) in [4.78, 5) is 30.4. The molecule has 1 aromatic heterocycles. The molecule has 0 bridgehead atoms. The first-order chi connectivity index (χ1) is 12.4.